The van der Waals surface area contributed by atoms with Crippen molar-refractivity contribution in [1.29, 1.82) is 0 Å². The van der Waals surface area contributed by atoms with Gasteiger partial charge in [-0.25, -0.2) is 17.9 Å². The summed E-state index contributed by atoms with van der Waals surface area (Å²) in [5.41, 5.74) is 1.61. The lowest BCUT2D eigenvalue weighted by Crippen LogP contribution is -2.14. The van der Waals surface area contributed by atoms with Crippen molar-refractivity contribution in [3.63, 3.8) is 0 Å². The quantitative estimate of drug-likeness (QED) is 0.812. The van der Waals surface area contributed by atoms with Crippen LogP contribution in [0.15, 0.2) is 47.4 Å². The van der Waals surface area contributed by atoms with E-state index >= 15 is 0 Å². The van der Waals surface area contributed by atoms with Crippen LogP contribution in [0.4, 0.5) is 10.1 Å². The zero-order valence-corrected chi connectivity index (χ0v) is 14.2. The smallest absolute Gasteiger partial charge is 0.248 e. The van der Waals surface area contributed by atoms with Crippen molar-refractivity contribution in [1.82, 2.24) is 0 Å². The molecule has 0 aromatic heterocycles. The van der Waals surface area contributed by atoms with E-state index in [1.54, 1.807) is 12.1 Å². The van der Waals surface area contributed by atoms with Gasteiger partial charge in [-0.2, -0.15) is 0 Å². The molecule has 2 aromatic carbocycles. The first-order valence-electron chi connectivity index (χ1n) is 6.74. The Bertz CT molecular complexity index is 927. The molecule has 0 bridgehead atoms. The van der Waals surface area contributed by atoms with Crippen molar-refractivity contribution in [3.8, 4) is 0 Å². The second-order valence-electron chi connectivity index (χ2n) is 5.05. The summed E-state index contributed by atoms with van der Waals surface area (Å²) in [6, 6.07) is 8.13. The Morgan fingerprint density at radius 1 is 1.25 bits per heavy atom. The molecular formula is C16H14ClFN2O3S. The second kappa shape index (κ2) is 7.12. The lowest BCUT2D eigenvalue weighted by atomic mass is 10.1. The summed E-state index contributed by atoms with van der Waals surface area (Å²) in [4.78, 5) is 11.5. The van der Waals surface area contributed by atoms with Gasteiger partial charge in [-0.3, -0.25) is 4.79 Å². The highest BCUT2D eigenvalue weighted by molar-refractivity contribution is 7.89. The maximum atomic E-state index is 13.4. The normalized spacial score (nSPS) is 11.7. The number of hydrogen-bond donors (Lipinski definition) is 2. The first kappa shape index (κ1) is 18.1. The minimum absolute atomic E-state index is 0.0180. The van der Waals surface area contributed by atoms with Gasteiger partial charge in [0.1, 0.15) is 5.82 Å². The number of hydrogen-bond acceptors (Lipinski definition) is 3. The predicted molar refractivity (Wildman–Crippen MR) is 91.6 cm³/mol. The third-order valence-corrected chi connectivity index (χ3v) is 4.39. The minimum Gasteiger partial charge on any atom is -0.322 e. The first-order chi connectivity index (χ1) is 11.1. The van der Waals surface area contributed by atoms with Gasteiger partial charge in [-0.1, -0.05) is 23.7 Å². The van der Waals surface area contributed by atoms with E-state index in [9.17, 15) is 17.6 Å². The summed E-state index contributed by atoms with van der Waals surface area (Å²) >= 11 is 5.99. The number of sulfonamides is 1. The molecule has 0 radical (unpaired) electrons. The average Bonchev–Trinajstić information content (AvgIpc) is 2.47. The number of primary sulfonamides is 1. The van der Waals surface area contributed by atoms with Crippen molar-refractivity contribution >= 4 is 39.3 Å². The van der Waals surface area contributed by atoms with Crippen LogP contribution in [-0.4, -0.2) is 14.3 Å². The zero-order chi connectivity index (χ0) is 17.9. The summed E-state index contributed by atoms with van der Waals surface area (Å²) in [5.74, 6) is -1.39. The Morgan fingerprint density at radius 3 is 2.58 bits per heavy atom. The second-order valence-corrected chi connectivity index (χ2v) is 7.02. The molecule has 1 amide bonds. The Hall–Kier alpha value is -2.22. The molecule has 0 aliphatic carbocycles. The molecule has 0 aliphatic heterocycles. The van der Waals surface area contributed by atoms with Gasteiger partial charge in [0.25, 0.3) is 0 Å². The van der Waals surface area contributed by atoms with Gasteiger partial charge < -0.3 is 5.32 Å². The van der Waals surface area contributed by atoms with Crippen LogP contribution in [0.1, 0.15) is 11.1 Å². The number of rotatable bonds is 4. The highest BCUT2D eigenvalue weighted by atomic mass is 35.5. The van der Waals surface area contributed by atoms with E-state index in [0.29, 0.717) is 10.6 Å². The van der Waals surface area contributed by atoms with Crippen LogP contribution in [-0.2, 0) is 14.8 Å². The van der Waals surface area contributed by atoms with Gasteiger partial charge in [0, 0.05) is 16.8 Å². The number of amides is 1. The molecule has 0 saturated heterocycles. The lowest BCUT2D eigenvalue weighted by molar-refractivity contribution is -0.111. The molecule has 8 heteroatoms. The third kappa shape index (κ3) is 4.89. The molecule has 0 saturated carbocycles. The monoisotopic (exact) mass is 368 g/mol. The van der Waals surface area contributed by atoms with Gasteiger partial charge in [-0.05, 0) is 48.4 Å². The number of aryl methyl sites for hydroxylation is 1. The van der Waals surface area contributed by atoms with Crippen LogP contribution in [0.2, 0.25) is 5.02 Å². The van der Waals surface area contributed by atoms with E-state index in [0.717, 1.165) is 23.8 Å². The fourth-order valence-corrected chi connectivity index (χ4v) is 2.62. The number of halogens is 2. The first-order valence-corrected chi connectivity index (χ1v) is 8.66. The topological polar surface area (TPSA) is 89.3 Å². The highest BCUT2D eigenvalue weighted by Gasteiger charge is 2.11. The molecular weight excluding hydrogens is 355 g/mol. The minimum atomic E-state index is -4.07. The van der Waals surface area contributed by atoms with Gasteiger partial charge in [0.2, 0.25) is 15.9 Å². The van der Waals surface area contributed by atoms with E-state index in [1.807, 2.05) is 13.0 Å². The maximum Gasteiger partial charge on any atom is 0.248 e. The fourth-order valence-electron chi connectivity index (χ4n) is 1.87. The summed E-state index contributed by atoms with van der Waals surface area (Å²) in [5, 5.41) is 7.90. The van der Waals surface area contributed by atoms with Crippen LogP contribution in [0, 0.1) is 12.7 Å². The van der Waals surface area contributed by atoms with Crippen molar-refractivity contribution in [2.45, 2.75) is 11.8 Å². The summed E-state index contributed by atoms with van der Waals surface area (Å²) in [6.45, 7) is 1.86. The van der Waals surface area contributed by atoms with Crippen LogP contribution in [0.25, 0.3) is 6.08 Å². The molecule has 0 heterocycles. The SMILES string of the molecule is Cc1ccc(C=CC(=O)Nc2cc(F)cc(S(N)(=O)=O)c2)cc1Cl. The molecule has 24 heavy (non-hydrogen) atoms. The molecule has 2 aromatic rings. The van der Waals surface area contributed by atoms with Crippen molar-refractivity contribution < 1.29 is 17.6 Å². The summed E-state index contributed by atoms with van der Waals surface area (Å²) < 4.78 is 36.0. The highest BCUT2D eigenvalue weighted by Crippen LogP contribution is 2.19. The Balaban J connectivity index is 2.16. The van der Waals surface area contributed by atoms with E-state index in [1.165, 1.54) is 12.2 Å². The van der Waals surface area contributed by atoms with Crippen LogP contribution >= 0.6 is 11.6 Å². The van der Waals surface area contributed by atoms with Crippen molar-refractivity contribution in [3.05, 3.63) is 64.4 Å². The standard InChI is InChI=1S/C16H14ClFN2O3S/c1-10-2-3-11(6-15(10)17)4-5-16(21)20-13-7-12(18)8-14(9-13)24(19,22)23/h2-9H,1H3,(H,20,21)(H2,19,22,23). The molecule has 2 rings (SSSR count). The van der Waals surface area contributed by atoms with Gasteiger partial charge >= 0.3 is 0 Å². The molecule has 0 unspecified atom stereocenters. The number of carbonyl (C=O) groups excluding carboxylic acids is 1. The van der Waals surface area contributed by atoms with Crippen LogP contribution in [0.5, 0.6) is 0 Å². The number of anilines is 1. The van der Waals surface area contributed by atoms with Gasteiger partial charge in [-0.15, -0.1) is 0 Å². The summed E-state index contributed by atoms with van der Waals surface area (Å²) in [6.07, 6.45) is 2.75. The maximum absolute atomic E-state index is 13.4. The van der Waals surface area contributed by atoms with Gasteiger partial charge in [0.15, 0.2) is 0 Å². The molecule has 0 atom stereocenters. The largest absolute Gasteiger partial charge is 0.322 e. The molecule has 0 aliphatic rings. The zero-order valence-electron chi connectivity index (χ0n) is 12.6. The number of carbonyl (C=O) groups is 1. The Morgan fingerprint density at radius 2 is 1.96 bits per heavy atom. The molecule has 126 valence electrons. The molecule has 0 fully saturated rings. The third-order valence-electron chi connectivity index (χ3n) is 3.09. The van der Waals surface area contributed by atoms with E-state index in [-0.39, 0.29) is 5.69 Å². The Kier molecular flexibility index (Phi) is 5.38. The average molecular weight is 369 g/mol. The van der Waals surface area contributed by atoms with Crippen LogP contribution < -0.4 is 10.5 Å². The molecule has 3 N–H and O–H groups in total. The van der Waals surface area contributed by atoms with Crippen molar-refractivity contribution in [2.75, 3.05) is 5.32 Å². The van der Waals surface area contributed by atoms with Gasteiger partial charge in [0.05, 0.1) is 4.90 Å². The van der Waals surface area contributed by atoms with Crippen LogP contribution in [0.3, 0.4) is 0 Å². The van der Waals surface area contributed by atoms with E-state index < -0.39 is 26.6 Å². The fraction of sp³-hybridized carbons (Fsp3) is 0.0625. The number of nitrogens with two attached hydrogens (primary N) is 1. The number of benzene rings is 2. The number of nitrogens with one attached hydrogen (secondary N) is 1. The molecule has 0 spiro atoms. The van der Waals surface area contributed by atoms with E-state index in [2.05, 4.69) is 5.32 Å². The molecule has 5 nitrogen and oxygen atoms in total. The lowest BCUT2D eigenvalue weighted by Gasteiger charge is -2.05. The predicted octanol–water partition coefficient (Wildman–Crippen LogP) is 3.09. The Labute approximate surface area is 144 Å². The summed E-state index contributed by atoms with van der Waals surface area (Å²) in [7, 11) is -4.07. The van der Waals surface area contributed by atoms with E-state index in [4.69, 9.17) is 16.7 Å². The van der Waals surface area contributed by atoms with Crippen molar-refractivity contribution in [2.24, 2.45) is 5.14 Å².